The van der Waals surface area contributed by atoms with Crippen LogP contribution in [-0.2, 0) is 9.59 Å². The summed E-state index contributed by atoms with van der Waals surface area (Å²) in [7, 11) is 0. The highest BCUT2D eigenvalue weighted by atomic mass is 35.5. The van der Waals surface area contributed by atoms with Crippen LogP contribution >= 0.6 is 12.4 Å². The fourth-order valence-electron chi connectivity index (χ4n) is 3.94. The van der Waals surface area contributed by atoms with Crippen molar-refractivity contribution in [2.24, 2.45) is 0 Å². The van der Waals surface area contributed by atoms with Crippen molar-refractivity contribution < 1.29 is 14.3 Å². The molecule has 0 radical (unpaired) electrons. The van der Waals surface area contributed by atoms with Gasteiger partial charge >= 0.3 is 0 Å². The number of imide groups is 1. The number of unbranched alkanes of at least 4 members (excludes halogenated alkanes) is 2. The van der Waals surface area contributed by atoms with Crippen molar-refractivity contribution >= 4 is 29.9 Å². The number of rotatable bonds is 9. The number of halogens is 1. The molecule has 2 heterocycles. The van der Waals surface area contributed by atoms with Crippen molar-refractivity contribution in [1.29, 1.82) is 0 Å². The predicted molar refractivity (Wildman–Crippen MR) is 118 cm³/mol. The average Bonchev–Trinajstić information content (AvgIpc) is 3.00. The van der Waals surface area contributed by atoms with Gasteiger partial charge in [-0.25, -0.2) is 0 Å². The fourth-order valence-corrected chi connectivity index (χ4v) is 3.94. The number of hydrogen-bond donors (Lipinski definition) is 0. The summed E-state index contributed by atoms with van der Waals surface area (Å²) in [6, 6.07) is 8.30. The second-order valence-corrected chi connectivity index (χ2v) is 7.96. The summed E-state index contributed by atoms with van der Waals surface area (Å²) >= 11 is 0. The van der Waals surface area contributed by atoms with Gasteiger partial charge in [-0.2, -0.15) is 0 Å². The lowest BCUT2D eigenvalue weighted by Gasteiger charge is -2.37. The zero-order valence-electron chi connectivity index (χ0n) is 17.6. The number of ether oxygens (including phenoxy) is 1. The monoisotopic (exact) mass is 423 g/mol. The van der Waals surface area contributed by atoms with Crippen LogP contribution in [0.5, 0.6) is 5.75 Å². The Hall–Kier alpha value is -1.79. The van der Waals surface area contributed by atoms with Crippen molar-refractivity contribution in [2.75, 3.05) is 44.2 Å². The number of anilines is 1. The zero-order chi connectivity index (χ0) is 19.9. The minimum Gasteiger partial charge on any atom is -0.489 e. The maximum atomic E-state index is 11.6. The first kappa shape index (κ1) is 23.5. The topological polar surface area (TPSA) is 53.1 Å². The Balaban J connectivity index is 0.00000300. The average molecular weight is 424 g/mol. The molecule has 7 heteroatoms. The number of carbonyl (C=O) groups excluding carboxylic acids is 2. The molecule has 1 aromatic carbocycles. The second-order valence-electron chi connectivity index (χ2n) is 7.96. The van der Waals surface area contributed by atoms with Crippen molar-refractivity contribution in [3.63, 3.8) is 0 Å². The van der Waals surface area contributed by atoms with Crippen LogP contribution in [0.25, 0.3) is 0 Å². The van der Waals surface area contributed by atoms with Gasteiger partial charge in [0.15, 0.2) is 0 Å². The van der Waals surface area contributed by atoms with Gasteiger partial charge in [-0.3, -0.25) is 19.4 Å². The summed E-state index contributed by atoms with van der Waals surface area (Å²) < 4.78 is 5.97. The molecule has 6 nitrogen and oxygen atoms in total. The van der Waals surface area contributed by atoms with Gasteiger partial charge in [0, 0.05) is 45.6 Å². The van der Waals surface area contributed by atoms with E-state index in [2.05, 4.69) is 41.8 Å². The van der Waals surface area contributed by atoms with E-state index in [0.717, 1.165) is 57.7 Å². The molecule has 0 bridgehead atoms. The third-order valence-corrected chi connectivity index (χ3v) is 5.45. The van der Waals surface area contributed by atoms with E-state index < -0.39 is 0 Å². The first-order valence-electron chi connectivity index (χ1n) is 10.6. The minimum atomic E-state index is 0. The lowest BCUT2D eigenvalue weighted by molar-refractivity contribution is -0.138. The number of amides is 2. The zero-order valence-corrected chi connectivity index (χ0v) is 18.5. The Bertz CT molecular complexity index is 659. The lowest BCUT2D eigenvalue weighted by atomic mass is 10.2. The normalized spacial score (nSPS) is 17.8. The number of benzene rings is 1. The van der Waals surface area contributed by atoms with Crippen LogP contribution in [0.1, 0.15) is 46.0 Å². The third-order valence-electron chi connectivity index (χ3n) is 5.45. The van der Waals surface area contributed by atoms with E-state index in [1.807, 2.05) is 6.07 Å². The van der Waals surface area contributed by atoms with Gasteiger partial charge in [0.2, 0.25) is 11.8 Å². The molecule has 0 spiro atoms. The Morgan fingerprint density at radius 2 is 1.52 bits per heavy atom. The highest BCUT2D eigenvalue weighted by Gasteiger charge is 2.28. The van der Waals surface area contributed by atoms with Crippen LogP contribution < -0.4 is 9.64 Å². The fraction of sp³-hybridized carbons (Fsp3) is 0.636. The van der Waals surface area contributed by atoms with Crippen LogP contribution in [0, 0.1) is 0 Å². The molecule has 3 rings (SSSR count). The molecule has 2 fully saturated rings. The van der Waals surface area contributed by atoms with Crippen LogP contribution in [0.15, 0.2) is 24.3 Å². The van der Waals surface area contributed by atoms with E-state index in [1.165, 1.54) is 10.6 Å². The molecule has 2 saturated heterocycles. The number of piperazine rings is 1. The summed E-state index contributed by atoms with van der Waals surface area (Å²) in [6.07, 6.45) is 4.06. The number of para-hydroxylation sites is 2. The highest BCUT2D eigenvalue weighted by molar-refractivity contribution is 6.01. The summed E-state index contributed by atoms with van der Waals surface area (Å²) in [6.45, 7) is 9.93. The number of hydrogen-bond acceptors (Lipinski definition) is 5. The molecule has 0 atom stereocenters. The smallest absolute Gasteiger partial charge is 0.229 e. The van der Waals surface area contributed by atoms with E-state index in [0.29, 0.717) is 19.4 Å². The van der Waals surface area contributed by atoms with Crippen molar-refractivity contribution in [3.8, 4) is 5.75 Å². The molecule has 0 aliphatic carbocycles. The Morgan fingerprint density at radius 1 is 0.897 bits per heavy atom. The van der Waals surface area contributed by atoms with Gasteiger partial charge in [-0.15, -0.1) is 12.4 Å². The second kappa shape index (κ2) is 11.4. The number of carbonyl (C=O) groups is 2. The number of likely N-dealkylation sites (tertiary alicyclic amines) is 1. The Morgan fingerprint density at radius 3 is 2.17 bits per heavy atom. The SMILES string of the molecule is CC(C)Oc1ccccc1N1CCN(CCCCCN2C(=O)CCC2=O)CC1.Cl. The largest absolute Gasteiger partial charge is 0.489 e. The van der Waals surface area contributed by atoms with E-state index >= 15 is 0 Å². The van der Waals surface area contributed by atoms with Gasteiger partial charge in [0.05, 0.1) is 11.8 Å². The predicted octanol–water partition coefficient (Wildman–Crippen LogP) is 3.34. The Kier molecular flexibility index (Phi) is 9.24. The van der Waals surface area contributed by atoms with Crippen LogP contribution in [0.3, 0.4) is 0 Å². The Labute approximate surface area is 180 Å². The van der Waals surface area contributed by atoms with Crippen LogP contribution in [0.4, 0.5) is 5.69 Å². The molecule has 0 aromatic heterocycles. The van der Waals surface area contributed by atoms with Crippen molar-refractivity contribution in [3.05, 3.63) is 24.3 Å². The summed E-state index contributed by atoms with van der Waals surface area (Å²) in [5, 5.41) is 0. The quantitative estimate of drug-likeness (QED) is 0.450. The molecule has 0 unspecified atom stereocenters. The van der Waals surface area contributed by atoms with Gasteiger partial charge < -0.3 is 9.64 Å². The molecular formula is C22H34ClN3O3. The molecule has 0 N–H and O–H groups in total. The standard InChI is InChI=1S/C22H33N3O3.ClH/c1-18(2)28-20-9-5-4-8-19(20)24-16-14-23(15-17-24)12-6-3-7-13-25-21(26)10-11-22(25)27;/h4-5,8-9,18H,3,6-7,10-17H2,1-2H3;1H. The molecule has 2 amide bonds. The van der Waals surface area contributed by atoms with E-state index in [4.69, 9.17) is 4.74 Å². The van der Waals surface area contributed by atoms with E-state index in [9.17, 15) is 9.59 Å². The lowest BCUT2D eigenvalue weighted by Crippen LogP contribution is -2.46. The highest BCUT2D eigenvalue weighted by Crippen LogP contribution is 2.29. The molecule has 2 aliphatic rings. The van der Waals surface area contributed by atoms with Crippen LogP contribution in [0.2, 0.25) is 0 Å². The molecule has 0 saturated carbocycles. The summed E-state index contributed by atoms with van der Waals surface area (Å²) in [4.78, 5) is 29.6. The maximum absolute atomic E-state index is 11.6. The molecule has 2 aliphatic heterocycles. The minimum absolute atomic E-state index is 0. The summed E-state index contributed by atoms with van der Waals surface area (Å²) in [5.41, 5.74) is 1.19. The molecule has 29 heavy (non-hydrogen) atoms. The van der Waals surface area contributed by atoms with Crippen LogP contribution in [-0.4, -0.2) is 67.0 Å². The van der Waals surface area contributed by atoms with Gasteiger partial charge in [-0.1, -0.05) is 18.6 Å². The summed E-state index contributed by atoms with van der Waals surface area (Å²) in [5.74, 6) is 0.975. The third kappa shape index (κ3) is 6.61. The molecule has 1 aromatic rings. The molecule has 162 valence electrons. The molecular weight excluding hydrogens is 390 g/mol. The van der Waals surface area contributed by atoms with Gasteiger partial charge in [-0.05, 0) is 45.4 Å². The first-order valence-corrected chi connectivity index (χ1v) is 10.6. The van der Waals surface area contributed by atoms with Crippen molar-refractivity contribution in [2.45, 2.75) is 52.1 Å². The van der Waals surface area contributed by atoms with E-state index in [-0.39, 0.29) is 30.3 Å². The number of nitrogens with zero attached hydrogens (tertiary/aromatic N) is 3. The first-order chi connectivity index (χ1) is 13.5. The van der Waals surface area contributed by atoms with Crippen molar-refractivity contribution in [1.82, 2.24) is 9.80 Å². The van der Waals surface area contributed by atoms with E-state index in [1.54, 1.807) is 0 Å². The van der Waals surface area contributed by atoms with Gasteiger partial charge in [0.1, 0.15) is 5.75 Å². The van der Waals surface area contributed by atoms with Gasteiger partial charge in [0.25, 0.3) is 0 Å². The maximum Gasteiger partial charge on any atom is 0.229 e.